The van der Waals surface area contributed by atoms with Gasteiger partial charge in [-0.2, -0.15) is 4.33 Å². The molecule has 2 fully saturated rings. The van der Waals surface area contributed by atoms with Crippen LogP contribution in [0.1, 0.15) is 117 Å². The summed E-state index contributed by atoms with van der Waals surface area (Å²) in [6.45, 7) is 8.62. The van der Waals surface area contributed by atoms with E-state index < -0.39 is 60.8 Å². The van der Waals surface area contributed by atoms with Gasteiger partial charge in [0.2, 0.25) is 5.52 Å². The standard InChI is InChI=1S/C16H18O6S2.C16H17O3P.C15H12O3S.C14H20O5.C13H8O7S3.4CH4.4Na/c17-14-10-3-1-2-4-12(10)23-13-5-6-15(7-11(13)14)8-16(18,9-22-15)24(19,20)21;1-11-9-12(2)15(13(3)10-11)16(17)20(18,19)14-7-5-4-6-8-14;16-7-8-18-10-5-6-14-12(9-10)15(17)11-3-1-2-4-13(11)19-14;1-14(2,19-10-8-16)13(17)11-3-5-12(6-4-11)18-9-7-15;14-13-9-3-1-7(22-20-19-15)5-12(9)21-11-4-2-8(6-10(11)13)23(16,17)18;;;;;;;;/h1-4,11,13,18H,5-9H2,(H,19,20,21);4-10H,1-3H3,(H,18,19);1-6,9,16H,7-8H2;3-6,15-16H,7-10H2,1-2H3;1-6,15H,(H,16,17,18);4*1H4;;;;/q;;;;;;;;;4*+1/p-4. The van der Waals surface area contributed by atoms with Crippen LogP contribution in [0, 0.1) is 26.7 Å². The molecule has 2 aromatic heterocycles. The Morgan fingerprint density at radius 2 is 1.18 bits per heavy atom. The van der Waals surface area contributed by atoms with Crippen molar-refractivity contribution in [2.75, 3.05) is 46.2 Å². The first-order chi connectivity index (χ1) is 49.8. The summed E-state index contributed by atoms with van der Waals surface area (Å²) in [6.07, 6.45) is 1.31. The Morgan fingerprint density at radius 3 is 1.76 bits per heavy atom. The van der Waals surface area contributed by atoms with Crippen molar-refractivity contribution >= 4 is 137 Å². The van der Waals surface area contributed by atoms with Gasteiger partial charge in [-0.05, 0) is 162 Å². The predicted molar refractivity (Wildman–Crippen MR) is 422 cm³/mol. The molecule has 1 saturated heterocycles. The van der Waals surface area contributed by atoms with E-state index in [-0.39, 0.29) is 244 Å². The van der Waals surface area contributed by atoms with Crippen molar-refractivity contribution in [2.24, 2.45) is 5.92 Å². The van der Waals surface area contributed by atoms with Crippen molar-refractivity contribution in [1.82, 2.24) is 0 Å². The molecule has 10 aromatic rings. The van der Waals surface area contributed by atoms with Crippen LogP contribution in [0.3, 0.4) is 0 Å². The van der Waals surface area contributed by atoms with E-state index in [0.717, 1.165) is 31.3 Å². The molecule has 1 spiro atoms. The quantitative estimate of drug-likeness (QED) is 0.0123. The number of carbonyl (C=O) groups is 3. The summed E-state index contributed by atoms with van der Waals surface area (Å²) in [6, 6.07) is 47.1. The van der Waals surface area contributed by atoms with Crippen molar-refractivity contribution in [2.45, 2.75) is 126 Å². The van der Waals surface area contributed by atoms with Crippen LogP contribution < -0.4 is 154 Å². The van der Waals surface area contributed by atoms with E-state index in [1.54, 1.807) is 118 Å². The number of rotatable bonds is 19. The maximum atomic E-state index is 12.8. The molecule has 5 atom stereocenters. The normalized spacial score (nSPS) is 16.9. The van der Waals surface area contributed by atoms with Gasteiger partial charge in [-0.15, -0.1) is 34.4 Å². The van der Waals surface area contributed by atoms with Crippen LogP contribution in [0.15, 0.2) is 194 Å². The van der Waals surface area contributed by atoms with Gasteiger partial charge in [-0.1, -0.05) is 108 Å². The van der Waals surface area contributed by atoms with E-state index >= 15 is 0 Å². The molecular formula is C78H87Na4O24PS6. The third-order valence-electron chi connectivity index (χ3n) is 17.2. The summed E-state index contributed by atoms with van der Waals surface area (Å²) in [4.78, 5) is 73.5. The number of ether oxygens (including phenoxy) is 4. The Kier molecular flexibility index (Phi) is 45.2. The zero-order chi connectivity index (χ0) is 76.2. The molecule has 0 amide bonds. The number of hydrogen-bond donors (Lipinski definition) is 4. The van der Waals surface area contributed by atoms with Crippen LogP contribution in [0.4, 0.5) is 0 Å². The van der Waals surface area contributed by atoms with Crippen LogP contribution in [-0.2, 0) is 43.6 Å². The summed E-state index contributed by atoms with van der Waals surface area (Å²) < 4.78 is 109. The van der Waals surface area contributed by atoms with E-state index in [4.69, 9.17) is 34.3 Å². The van der Waals surface area contributed by atoms with Gasteiger partial charge in [0.25, 0.3) is 0 Å². The van der Waals surface area contributed by atoms with Gasteiger partial charge in [-0.3, -0.25) is 29.0 Å². The smallest absolute Gasteiger partial charge is 0.790 e. The molecule has 5 unspecified atom stereocenters. The Labute approximate surface area is 763 Å². The summed E-state index contributed by atoms with van der Waals surface area (Å²) >= 11 is 5.22. The van der Waals surface area contributed by atoms with Crippen molar-refractivity contribution in [1.29, 1.82) is 0 Å². The number of aryl methyl sites for hydroxylation is 3. The molecule has 1 aliphatic carbocycles. The number of hydrogen-bond acceptors (Lipinski definition) is 28. The molecule has 0 bridgehead atoms. The molecule has 1 saturated carbocycles. The first-order valence-electron chi connectivity index (χ1n) is 32.3. The Bertz CT molecular complexity index is 5250. The Balaban J connectivity index is 0.000000696. The molecule has 4 heterocycles. The number of aliphatic hydroxyl groups excluding tert-OH is 3. The van der Waals surface area contributed by atoms with Crippen LogP contribution in [0.5, 0.6) is 11.5 Å². The third-order valence-corrected chi connectivity index (χ3v) is 25.3. The molecule has 113 heavy (non-hydrogen) atoms. The van der Waals surface area contributed by atoms with Gasteiger partial charge in [0.15, 0.2) is 27.4 Å². The first-order valence-corrected chi connectivity index (χ1v) is 40.0. The van der Waals surface area contributed by atoms with Crippen LogP contribution >= 0.6 is 53.8 Å². The van der Waals surface area contributed by atoms with Gasteiger partial charge >= 0.3 is 118 Å². The second-order valence-corrected chi connectivity index (χ2v) is 34.3. The SMILES string of the molecule is C.C.C.C.CC(C)(OCCO)C(=O)c1ccc(OCCO)cc1.Cc1cc(C)c(C(=O)P(=O)([O-])c2ccccc2)c(C)c1.O=C1c2ccccc2SC2CCC3(CC12)CC(O)(S(=O)(=O)[O-])CO3.O=c1c2ccc(SOO[O-])cc2sc2ccc(S(=O)(=O)[O-])cc12.O=c1c2ccccc2sc2ccc(OCCO)cc12.[Na+].[Na+].[Na+].[Na+]. The van der Waals surface area contributed by atoms with Crippen LogP contribution in [0.2, 0.25) is 0 Å². The average Bonchev–Trinajstić information content (AvgIpc) is 1.56. The number of carbonyl (C=O) groups excluding carboxylic acids is 3. The number of fused-ring (bicyclic) bond motifs is 6. The molecular weight excluding hydrogens is 1640 g/mol. The van der Waals surface area contributed by atoms with E-state index in [1.807, 2.05) is 73.7 Å². The fraction of sp³-hybridized carbons (Fsp3) is 0.321. The molecule has 35 heteroatoms. The zero-order valence-electron chi connectivity index (χ0n) is 60.9. The third kappa shape index (κ3) is 27.0. The molecule has 4 N–H and O–H groups in total. The summed E-state index contributed by atoms with van der Waals surface area (Å²) in [5.41, 5.74) is 0.847. The van der Waals surface area contributed by atoms with E-state index in [0.29, 0.717) is 90.1 Å². The maximum absolute atomic E-state index is 12.8. The maximum Gasteiger partial charge on any atom is 1.00 e. The van der Waals surface area contributed by atoms with E-state index in [1.165, 1.54) is 41.7 Å². The minimum Gasteiger partial charge on any atom is -0.790 e. The zero-order valence-corrected chi connectivity index (χ0v) is 74.7. The van der Waals surface area contributed by atoms with Crippen molar-refractivity contribution in [3.05, 3.63) is 224 Å². The van der Waals surface area contributed by atoms with Crippen molar-refractivity contribution in [3.63, 3.8) is 0 Å². The molecule has 2 aliphatic heterocycles. The molecule has 13 rings (SSSR count). The summed E-state index contributed by atoms with van der Waals surface area (Å²) in [7, 11) is -13.8. The first kappa shape index (κ1) is 108. The largest absolute Gasteiger partial charge is 1.00 e. The van der Waals surface area contributed by atoms with Gasteiger partial charge in [0.05, 0.1) is 55.6 Å². The predicted octanol–water partition coefficient (Wildman–Crippen LogP) is 0.176. The summed E-state index contributed by atoms with van der Waals surface area (Å²) in [5.74, 6) is 0.809. The molecule has 588 valence electrons. The minimum atomic E-state index is -4.88. The van der Waals surface area contributed by atoms with Crippen LogP contribution in [-0.4, -0.2) is 131 Å². The van der Waals surface area contributed by atoms with Crippen molar-refractivity contribution in [3.8, 4) is 11.5 Å². The minimum absolute atomic E-state index is 0. The average molecular weight is 1720 g/mol. The number of benzene rings is 8. The van der Waals surface area contributed by atoms with E-state index in [2.05, 4.69) is 9.37 Å². The van der Waals surface area contributed by atoms with Crippen LogP contribution in [0.25, 0.3) is 40.3 Å². The van der Waals surface area contributed by atoms with Gasteiger partial charge in [0, 0.05) is 89.7 Å². The fourth-order valence-electron chi connectivity index (χ4n) is 12.2. The number of ketones is 2. The second kappa shape index (κ2) is 47.5. The fourth-order valence-corrected chi connectivity index (χ4v) is 18.8. The summed E-state index contributed by atoms with van der Waals surface area (Å²) in [5, 5.41) is 51.5. The Hall–Kier alpha value is -3.50. The number of Topliss-reactive ketones (excluding diaryl/α,β-unsaturated/α-hetero) is 2. The Morgan fingerprint density at radius 1 is 0.646 bits per heavy atom. The van der Waals surface area contributed by atoms with Crippen molar-refractivity contribution < 1.29 is 222 Å². The van der Waals surface area contributed by atoms with Gasteiger partial charge in [-0.25, -0.2) is 16.8 Å². The number of aliphatic hydroxyl groups is 4. The second-order valence-electron chi connectivity index (χ2n) is 25.0. The topological polar surface area (TPSA) is 399 Å². The molecule has 8 aromatic carbocycles. The number of thioether (sulfide) groups is 1. The molecule has 24 nitrogen and oxygen atoms in total. The van der Waals surface area contributed by atoms with Gasteiger partial charge in [0.1, 0.15) is 57.9 Å². The van der Waals surface area contributed by atoms with E-state index in [9.17, 15) is 69.7 Å². The molecule has 3 aliphatic rings. The molecule has 0 radical (unpaired) electrons. The van der Waals surface area contributed by atoms with Gasteiger partial charge < -0.3 is 63.2 Å². The monoisotopic (exact) mass is 1720 g/mol.